The number of nitrogens with one attached hydrogen (secondary N) is 3. The van der Waals surface area contributed by atoms with E-state index in [4.69, 9.17) is 11.6 Å². The van der Waals surface area contributed by atoms with Crippen LogP contribution in [0.3, 0.4) is 0 Å². The SMILES string of the molecule is COC(=O)CNC(=O)c1cc(NCc2ccc(Cl)cc2)cc(S(=O)(=O)Nc2ccccc2)c1. The minimum absolute atomic E-state index is 0.0634. The lowest BCUT2D eigenvalue weighted by molar-refractivity contribution is -0.139. The first-order valence-corrected chi connectivity index (χ1v) is 11.7. The average Bonchev–Trinajstić information content (AvgIpc) is 2.82. The van der Waals surface area contributed by atoms with E-state index in [1.165, 1.54) is 25.3 Å². The number of amides is 1. The zero-order valence-corrected chi connectivity index (χ0v) is 19.2. The van der Waals surface area contributed by atoms with Gasteiger partial charge >= 0.3 is 5.97 Å². The zero-order valence-electron chi connectivity index (χ0n) is 17.7. The van der Waals surface area contributed by atoms with Gasteiger partial charge in [-0.15, -0.1) is 0 Å². The molecule has 0 aromatic heterocycles. The molecule has 1 amide bonds. The van der Waals surface area contributed by atoms with E-state index in [9.17, 15) is 18.0 Å². The Morgan fingerprint density at radius 1 is 0.939 bits per heavy atom. The highest BCUT2D eigenvalue weighted by atomic mass is 35.5. The first-order chi connectivity index (χ1) is 15.8. The van der Waals surface area contributed by atoms with Crippen LogP contribution in [-0.4, -0.2) is 33.9 Å². The number of rotatable bonds is 9. The second-order valence-corrected chi connectivity index (χ2v) is 9.08. The fraction of sp³-hybridized carbons (Fsp3) is 0.130. The predicted molar refractivity (Wildman–Crippen MR) is 127 cm³/mol. The highest BCUT2D eigenvalue weighted by Crippen LogP contribution is 2.23. The number of hydrogen-bond acceptors (Lipinski definition) is 6. The van der Waals surface area contributed by atoms with E-state index in [1.54, 1.807) is 42.5 Å². The van der Waals surface area contributed by atoms with E-state index < -0.39 is 21.9 Å². The maximum Gasteiger partial charge on any atom is 0.325 e. The minimum Gasteiger partial charge on any atom is -0.468 e. The standard InChI is InChI=1S/C23H22ClN3O5S/c1-32-22(28)15-26-23(29)17-11-20(25-14-16-7-9-18(24)10-8-16)13-21(12-17)33(30,31)27-19-5-3-2-4-6-19/h2-13,25,27H,14-15H2,1H3,(H,26,29). The van der Waals surface area contributed by atoms with Gasteiger partial charge in [-0.2, -0.15) is 0 Å². The van der Waals surface area contributed by atoms with Gasteiger partial charge in [0, 0.05) is 28.5 Å². The van der Waals surface area contributed by atoms with E-state index >= 15 is 0 Å². The largest absolute Gasteiger partial charge is 0.468 e. The van der Waals surface area contributed by atoms with Crippen molar-refractivity contribution in [3.05, 3.63) is 88.9 Å². The molecule has 0 radical (unpaired) electrons. The van der Waals surface area contributed by atoms with Crippen molar-refractivity contribution in [2.75, 3.05) is 23.7 Å². The van der Waals surface area contributed by atoms with Crippen LogP contribution in [0, 0.1) is 0 Å². The van der Waals surface area contributed by atoms with Crippen LogP contribution >= 0.6 is 11.6 Å². The number of methoxy groups -OCH3 is 1. The number of esters is 1. The first kappa shape index (κ1) is 24.1. The molecule has 0 spiro atoms. The Morgan fingerprint density at radius 2 is 1.64 bits per heavy atom. The minimum atomic E-state index is -4.00. The van der Waals surface area contributed by atoms with E-state index in [0.717, 1.165) is 5.56 Å². The summed E-state index contributed by atoms with van der Waals surface area (Å²) in [6.07, 6.45) is 0. The molecular formula is C23H22ClN3O5S. The van der Waals surface area contributed by atoms with Crippen LogP contribution in [0.1, 0.15) is 15.9 Å². The molecule has 0 aliphatic rings. The van der Waals surface area contributed by atoms with Crippen molar-refractivity contribution in [3.63, 3.8) is 0 Å². The van der Waals surface area contributed by atoms with Crippen LogP contribution in [0.5, 0.6) is 0 Å². The topological polar surface area (TPSA) is 114 Å². The lowest BCUT2D eigenvalue weighted by Crippen LogP contribution is -2.30. The quantitative estimate of drug-likeness (QED) is 0.397. The Labute approximate surface area is 197 Å². The van der Waals surface area contributed by atoms with Crippen molar-refractivity contribution in [1.82, 2.24) is 5.32 Å². The Hall–Kier alpha value is -3.56. The third-order valence-electron chi connectivity index (χ3n) is 4.54. The molecule has 3 N–H and O–H groups in total. The Balaban J connectivity index is 1.89. The number of sulfonamides is 1. The molecule has 0 saturated carbocycles. The highest BCUT2D eigenvalue weighted by Gasteiger charge is 2.19. The zero-order chi connectivity index (χ0) is 23.8. The Morgan fingerprint density at radius 3 is 2.30 bits per heavy atom. The van der Waals surface area contributed by atoms with Gasteiger partial charge in [0.2, 0.25) is 0 Å². The van der Waals surface area contributed by atoms with Gasteiger partial charge < -0.3 is 15.4 Å². The Bertz CT molecular complexity index is 1230. The molecule has 3 aromatic rings. The van der Waals surface area contributed by atoms with Crippen LogP contribution < -0.4 is 15.4 Å². The summed E-state index contributed by atoms with van der Waals surface area (Å²) in [7, 11) is -2.79. The van der Waals surface area contributed by atoms with Crippen molar-refractivity contribution in [3.8, 4) is 0 Å². The van der Waals surface area contributed by atoms with Gasteiger partial charge in [0.15, 0.2) is 0 Å². The van der Waals surface area contributed by atoms with Gasteiger partial charge in [0.1, 0.15) is 6.54 Å². The molecule has 3 aromatic carbocycles. The number of carbonyl (C=O) groups is 2. The lowest BCUT2D eigenvalue weighted by atomic mass is 10.1. The summed E-state index contributed by atoms with van der Waals surface area (Å²) in [5, 5.41) is 6.14. The molecule has 0 unspecified atom stereocenters. The van der Waals surface area contributed by atoms with Crippen LogP contribution in [-0.2, 0) is 26.1 Å². The number of anilines is 2. The van der Waals surface area contributed by atoms with E-state index in [-0.39, 0.29) is 17.0 Å². The molecule has 3 rings (SSSR count). The molecule has 172 valence electrons. The molecule has 0 saturated heterocycles. The summed E-state index contributed by atoms with van der Waals surface area (Å²) in [6, 6.07) is 19.7. The maximum absolute atomic E-state index is 13.0. The second-order valence-electron chi connectivity index (χ2n) is 6.96. The Kier molecular flexibility index (Phi) is 7.92. The van der Waals surface area contributed by atoms with Crippen LogP contribution in [0.2, 0.25) is 5.02 Å². The number of carbonyl (C=O) groups excluding carboxylic acids is 2. The smallest absolute Gasteiger partial charge is 0.325 e. The van der Waals surface area contributed by atoms with Gasteiger partial charge in [0.05, 0.1) is 12.0 Å². The van der Waals surface area contributed by atoms with Crippen molar-refractivity contribution < 1.29 is 22.7 Å². The van der Waals surface area contributed by atoms with Gasteiger partial charge in [0.25, 0.3) is 15.9 Å². The van der Waals surface area contributed by atoms with E-state index in [1.807, 2.05) is 12.1 Å². The third kappa shape index (κ3) is 6.96. The molecule has 0 bridgehead atoms. The predicted octanol–water partition coefficient (Wildman–Crippen LogP) is 3.66. The monoisotopic (exact) mass is 487 g/mol. The number of benzene rings is 3. The fourth-order valence-corrected chi connectivity index (χ4v) is 4.10. The van der Waals surface area contributed by atoms with Gasteiger partial charge in [-0.3, -0.25) is 14.3 Å². The van der Waals surface area contributed by atoms with Crippen LogP contribution in [0.25, 0.3) is 0 Å². The molecule has 0 aliphatic carbocycles. The van der Waals surface area contributed by atoms with E-state index in [0.29, 0.717) is 22.9 Å². The summed E-state index contributed by atoms with van der Waals surface area (Å²) in [6.45, 7) is 0.0259. The molecular weight excluding hydrogens is 466 g/mol. The molecule has 0 heterocycles. The summed E-state index contributed by atoms with van der Waals surface area (Å²) < 4.78 is 33.0. The average molecular weight is 488 g/mol. The summed E-state index contributed by atoms with van der Waals surface area (Å²) in [5.74, 6) is -1.24. The summed E-state index contributed by atoms with van der Waals surface area (Å²) in [4.78, 5) is 23.8. The normalized spacial score (nSPS) is 10.8. The number of hydrogen-bond donors (Lipinski definition) is 3. The molecule has 10 heteroatoms. The highest BCUT2D eigenvalue weighted by molar-refractivity contribution is 7.92. The number of ether oxygens (including phenoxy) is 1. The first-order valence-electron chi connectivity index (χ1n) is 9.83. The molecule has 8 nitrogen and oxygen atoms in total. The molecule has 0 aliphatic heterocycles. The van der Waals surface area contributed by atoms with Gasteiger partial charge in [-0.25, -0.2) is 8.42 Å². The van der Waals surface area contributed by atoms with Gasteiger partial charge in [-0.05, 0) is 48.0 Å². The lowest BCUT2D eigenvalue weighted by Gasteiger charge is -2.14. The van der Waals surface area contributed by atoms with Crippen LogP contribution in [0.4, 0.5) is 11.4 Å². The second kappa shape index (κ2) is 10.8. The third-order valence-corrected chi connectivity index (χ3v) is 6.15. The van der Waals surface area contributed by atoms with Crippen molar-refractivity contribution in [2.24, 2.45) is 0 Å². The number of para-hydroxylation sites is 1. The van der Waals surface area contributed by atoms with E-state index in [2.05, 4.69) is 20.1 Å². The number of halogens is 1. The van der Waals surface area contributed by atoms with Crippen molar-refractivity contribution in [2.45, 2.75) is 11.4 Å². The van der Waals surface area contributed by atoms with Crippen molar-refractivity contribution in [1.29, 1.82) is 0 Å². The fourth-order valence-electron chi connectivity index (χ4n) is 2.84. The summed E-state index contributed by atoms with van der Waals surface area (Å²) in [5.41, 5.74) is 1.76. The summed E-state index contributed by atoms with van der Waals surface area (Å²) >= 11 is 5.91. The molecule has 0 atom stereocenters. The molecule has 33 heavy (non-hydrogen) atoms. The van der Waals surface area contributed by atoms with Gasteiger partial charge in [-0.1, -0.05) is 41.9 Å². The maximum atomic E-state index is 13.0. The van der Waals surface area contributed by atoms with Crippen LogP contribution in [0.15, 0.2) is 77.7 Å². The van der Waals surface area contributed by atoms with Crippen molar-refractivity contribution >= 4 is 44.9 Å². The molecule has 0 fully saturated rings.